The summed E-state index contributed by atoms with van der Waals surface area (Å²) in [4.78, 5) is 15.9. The fourth-order valence-corrected chi connectivity index (χ4v) is 4.12. The number of aromatic nitrogens is 1. The molecule has 0 aliphatic carbocycles. The van der Waals surface area contributed by atoms with E-state index in [0.717, 1.165) is 32.0 Å². The van der Waals surface area contributed by atoms with Crippen LogP contribution in [0.1, 0.15) is 27.3 Å². The van der Waals surface area contributed by atoms with Crippen molar-refractivity contribution in [1.29, 1.82) is 0 Å². The van der Waals surface area contributed by atoms with Gasteiger partial charge in [-0.25, -0.2) is 9.98 Å². The SMILES string of the molecule is Cc1nc(S/C(=C/N)C2=NC(c3cccs3)=NC2)c(C)c(C)c1C. The van der Waals surface area contributed by atoms with E-state index in [1.54, 1.807) is 29.3 Å². The number of nitrogens with two attached hydrogens (primary N) is 1. The molecular weight excluding hydrogens is 336 g/mol. The molecule has 0 fully saturated rings. The van der Waals surface area contributed by atoms with E-state index in [1.807, 2.05) is 24.4 Å². The van der Waals surface area contributed by atoms with Crippen LogP contribution in [0.5, 0.6) is 0 Å². The van der Waals surface area contributed by atoms with Crippen LogP contribution in [0, 0.1) is 27.7 Å². The fraction of sp³-hybridized carbons (Fsp3) is 0.278. The van der Waals surface area contributed by atoms with E-state index < -0.39 is 0 Å². The molecule has 124 valence electrons. The summed E-state index contributed by atoms with van der Waals surface area (Å²) in [6.07, 6.45) is 1.61. The normalized spacial score (nSPS) is 14.8. The van der Waals surface area contributed by atoms with E-state index in [4.69, 9.17) is 10.7 Å². The molecule has 0 unspecified atom stereocenters. The predicted octanol–water partition coefficient (Wildman–Crippen LogP) is 4.17. The lowest BCUT2D eigenvalue weighted by molar-refractivity contribution is 0.979. The van der Waals surface area contributed by atoms with Gasteiger partial charge < -0.3 is 5.73 Å². The van der Waals surface area contributed by atoms with E-state index in [9.17, 15) is 0 Å². The third-order valence-corrected chi connectivity index (χ3v) is 6.31. The van der Waals surface area contributed by atoms with E-state index in [2.05, 4.69) is 30.8 Å². The van der Waals surface area contributed by atoms with E-state index in [-0.39, 0.29) is 0 Å². The third-order valence-electron chi connectivity index (χ3n) is 4.26. The molecule has 0 amide bonds. The molecule has 6 heteroatoms. The quantitative estimate of drug-likeness (QED) is 0.836. The zero-order valence-corrected chi connectivity index (χ0v) is 15.9. The molecule has 3 heterocycles. The number of aryl methyl sites for hydroxylation is 1. The molecule has 0 saturated heterocycles. The van der Waals surface area contributed by atoms with Crippen molar-refractivity contribution in [3.05, 3.63) is 55.9 Å². The summed E-state index contributed by atoms with van der Waals surface area (Å²) in [6, 6.07) is 4.04. The van der Waals surface area contributed by atoms with Gasteiger partial charge in [-0.1, -0.05) is 17.8 Å². The first-order valence-electron chi connectivity index (χ1n) is 7.71. The highest BCUT2D eigenvalue weighted by Crippen LogP contribution is 2.32. The van der Waals surface area contributed by atoms with E-state index in [0.29, 0.717) is 6.54 Å². The van der Waals surface area contributed by atoms with Crippen LogP contribution < -0.4 is 5.73 Å². The highest BCUT2D eigenvalue weighted by atomic mass is 32.2. The van der Waals surface area contributed by atoms with Crippen LogP contribution in [0.3, 0.4) is 0 Å². The summed E-state index contributed by atoms with van der Waals surface area (Å²) in [5.74, 6) is 0.792. The van der Waals surface area contributed by atoms with Gasteiger partial charge in [0.25, 0.3) is 0 Å². The first-order chi connectivity index (χ1) is 11.5. The Hall–Kier alpha value is -1.92. The van der Waals surface area contributed by atoms with Gasteiger partial charge in [0.05, 0.1) is 22.0 Å². The second-order valence-electron chi connectivity index (χ2n) is 5.69. The van der Waals surface area contributed by atoms with Gasteiger partial charge in [0.15, 0.2) is 5.84 Å². The van der Waals surface area contributed by atoms with Gasteiger partial charge in [-0.2, -0.15) is 0 Å². The minimum Gasteiger partial charge on any atom is -0.404 e. The van der Waals surface area contributed by atoms with Crippen LogP contribution in [0.2, 0.25) is 0 Å². The zero-order valence-electron chi connectivity index (χ0n) is 14.3. The average Bonchev–Trinajstić information content (AvgIpc) is 3.25. The van der Waals surface area contributed by atoms with Gasteiger partial charge in [0, 0.05) is 11.9 Å². The highest BCUT2D eigenvalue weighted by molar-refractivity contribution is 8.04. The van der Waals surface area contributed by atoms with Gasteiger partial charge in [-0.3, -0.25) is 4.99 Å². The second-order valence-corrected chi connectivity index (χ2v) is 7.66. The van der Waals surface area contributed by atoms with Crippen LogP contribution in [0.15, 0.2) is 43.6 Å². The van der Waals surface area contributed by atoms with Crippen LogP contribution in [0.4, 0.5) is 0 Å². The smallest absolute Gasteiger partial charge is 0.165 e. The van der Waals surface area contributed by atoms with E-state index in [1.165, 1.54) is 16.7 Å². The van der Waals surface area contributed by atoms with Crippen molar-refractivity contribution in [2.75, 3.05) is 6.54 Å². The maximum absolute atomic E-state index is 5.88. The summed E-state index contributed by atoms with van der Waals surface area (Å²) in [6.45, 7) is 8.96. The monoisotopic (exact) mass is 356 g/mol. The molecular formula is C18H20N4S2. The largest absolute Gasteiger partial charge is 0.404 e. The summed E-state index contributed by atoms with van der Waals surface area (Å²) in [5.41, 5.74) is 11.6. The zero-order chi connectivity index (χ0) is 17.3. The minimum atomic E-state index is 0.562. The van der Waals surface area contributed by atoms with Gasteiger partial charge in [0.1, 0.15) is 5.03 Å². The Morgan fingerprint density at radius 2 is 2.00 bits per heavy atom. The number of rotatable bonds is 4. The van der Waals surface area contributed by atoms with Crippen LogP contribution in [-0.2, 0) is 0 Å². The van der Waals surface area contributed by atoms with Crippen LogP contribution >= 0.6 is 23.1 Å². The number of hydrogen-bond acceptors (Lipinski definition) is 6. The molecule has 4 nitrogen and oxygen atoms in total. The van der Waals surface area contributed by atoms with Crippen LogP contribution in [0.25, 0.3) is 0 Å². The Kier molecular flexibility index (Phi) is 4.87. The van der Waals surface area contributed by atoms with Gasteiger partial charge in [-0.05, 0) is 55.8 Å². The maximum Gasteiger partial charge on any atom is 0.165 e. The first kappa shape index (κ1) is 16.9. The molecule has 3 rings (SSSR count). The third kappa shape index (κ3) is 3.16. The molecule has 0 spiro atoms. The number of amidine groups is 1. The molecule has 2 aromatic heterocycles. The lowest BCUT2D eigenvalue weighted by Gasteiger charge is -2.13. The predicted molar refractivity (Wildman–Crippen MR) is 104 cm³/mol. The number of thiophene rings is 1. The van der Waals surface area contributed by atoms with Crippen LogP contribution in [-0.4, -0.2) is 23.1 Å². The Bertz CT molecular complexity index is 862. The van der Waals surface area contributed by atoms with Crippen molar-refractivity contribution < 1.29 is 0 Å². The molecule has 0 radical (unpaired) electrons. The Morgan fingerprint density at radius 3 is 2.67 bits per heavy atom. The van der Waals surface area contributed by atoms with Crippen molar-refractivity contribution >= 4 is 34.6 Å². The molecule has 2 aromatic rings. The number of nitrogens with zero attached hydrogens (tertiary/aromatic N) is 3. The molecule has 1 aliphatic heterocycles. The van der Waals surface area contributed by atoms with E-state index >= 15 is 0 Å². The lowest BCUT2D eigenvalue weighted by atomic mass is 10.1. The topological polar surface area (TPSA) is 63.6 Å². The van der Waals surface area contributed by atoms with Gasteiger partial charge in [-0.15, -0.1) is 11.3 Å². The van der Waals surface area contributed by atoms with Crippen molar-refractivity contribution in [1.82, 2.24) is 4.98 Å². The molecule has 0 saturated carbocycles. The molecule has 0 atom stereocenters. The average molecular weight is 357 g/mol. The molecule has 24 heavy (non-hydrogen) atoms. The molecule has 0 aromatic carbocycles. The number of aliphatic imine (C=N–C) groups is 2. The number of thioether (sulfide) groups is 1. The van der Waals surface area contributed by atoms with Crippen molar-refractivity contribution in [3.8, 4) is 0 Å². The summed E-state index contributed by atoms with van der Waals surface area (Å²) in [7, 11) is 0. The molecule has 0 bridgehead atoms. The van der Waals surface area contributed by atoms with Crippen molar-refractivity contribution in [2.45, 2.75) is 32.7 Å². The lowest BCUT2D eigenvalue weighted by Crippen LogP contribution is -2.06. The van der Waals surface area contributed by atoms with Gasteiger partial charge in [0.2, 0.25) is 0 Å². The minimum absolute atomic E-state index is 0.562. The standard InChI is InChI=1S/C18H20N4S2/c1-10-11(2)13(4)21-18(12(10)3)24-16(8-19)14-9-20-17(22-14)15-6-5-7-23-15/h5-8H,9,19H2,1-4H3/b16-8+. The Balaban J connectivity index is 1.86. The van der Waals surface area contributed by atoms with Crippen molar-refractivity contribution in [3.63, 3.8) is 0 Å². The molecule has 2 N–H and O–H groups in total. The summed E-state index contributed by atoms with van der Waals surface area (Å²) < 4.78 is 0. The Morgan fingerprint density at radius 1 is 1.21 bits per heavy atom. The summed E-state index contributed by atoms with van der Waals surface area (Å²) >= 11 is 3.22. The molecule has 1 aliphatic rings. The number of pyridine rings is 1. The fourth-order valence-electron chi connectivity index (χ4n) is 2.45. The van der Waals surface area contributed by atoms with Crippen molar-refractivity contribution in [2.24, 2.45) is 15.7 Å². The second kappa shape index (κ2) is 6.91. The summed E-state index contributed by atoms with van der Waals surface area (Å²) in [5, 5.41) is 3.02. The first-order valence-corrected chi connectivity index (χ1v) is 9.41. The van der Waals surface area contributed by atoms with Gasteiger partial charge >= 0.3 is 0 Å². The highest BCUT2D eigenvalue weighted by Gasteiger charge is 2.19. The maximum atomic E-state index is 5.88. The number of hydrogen-bond donors (Lipinski definition) is 1. The Labute approximate surface area is 150 Å².